The average Bonchev–Trinajstić information content (AvgIpc) is 4.33. The van der Waals surface area contributed by atoms with E-state index in [1.165, 1.54) is 16.0 Å². The molecule has 19 nitrogen and oxygen atoms in total. The molecule has 9 rings (SSSR count). The zero-order chi connectivity index (χ0) is 60.2. The lowest BCUT2D eigenvalue weighted by atomic mass is 9.88. The van der Waals surface area contributed by atoms with Crippen molar-refractivity contribution in [3.05, 3.63) is 130 Å². The minimum absolute atomic E-state index is 0.0465. The molecule has 0 saturated carbocycles. The molecule has 0 spiro atoms. The number of aliphatic hydroxyl groups is 2. The summed E-state index contributed by atoms with van der Waals surface area (Å²) in [6.45, 7) is 14.1. The Bertz CT molecular complexity index is 2880. The van der Waals surface area contributed by atoms with E-state index >= 15 is 0 Å². The van der Waals surface area contributed by atoms with Crippen LogP contribution in [-0.2, 0) is 41.7 Å². The lowest BCUT2D eigenvalue weighted by molar-refractivity contribution is -0.168. The fourth-order valence-electron chi connectivity index (χ4n) is 10.4. The standard InChI is InChI=1S/C33H43N3O7.C25H31N3O5.C3H3F3O/c1-32(2,3)43-31(39)34-18-22-8-6-9-24(16-22)23-12-14-35(15-13-23)30(38)25-10-7-11-26(17-25)40-21-29(37)36-19-27-28(20-36)42-33(4,5)41-27;26-13-17-3-1-4-19(11-17)18-7-9-27(10-8-18)25(32)20-5-2-6-21(12-20)33-16-24(31)28-14-22(29)23(30)15-28;1-2(7)3(4,5)6/h6-11,16-17,23,27-28H,12-15,18-21H2,1-5H3,(H,34,39);1-6,11-12,18,22-23,29-30H,7-10,13-16,26H2;1H3. The maximum Gasteiger partial charge on any atom is 0.449 e. The molecular weight excluding hydrogens is 1080 g/mol. The smallest absolute Gasteiger partial charge is 0.449 e. The third-order valence-corrected chi connectivity index (χ3v) is 14.8. The lowest BCUT2D eigenvalue weighted by Crippen LogP contribution is -2.38. The number of ether oxygens (including phenoxy) is 5. The van der Waals surface area contributed by atoms with Gasteiger partial charge in [-0.25, -0.2) is 4.79 Å². The second-order valence-corrected chi connectivity index (χ2v) is 22.8. The maximum absolute atomic E-state index is 13.3. The van der Waals surface area contributed by atoms with E-state index in [0.29, 0.717) is 93.7 Å². The highest BCUT2D eigenvalue weighted by atomic mass is 19.4. The van der Waals surface area contributed by atoms with Gasteiger partial charge in [0.15, 0.2) is 19.0 Å². The summed E-state index contributed by atoms with van der Waals surface area (Å²) in [6, 6.07) is 30.5. The highest BCUT2D eigenvalue weighted by molar-refractivity contribution is 5.95. The predicted molar refractivity (Wildman–Crippen MR) is 299 cm³/mol. The minimum Gasteiger partial charge on any atom is -0.484 e. The third-order valence-electron chi connectivity index (χ3n) is 14.8. The molecule has 4 aromatic carbocycles. The number of carbonyl (C=O) groups excluding carboxylic acids is 6. The number of β-amino-alcohol motifs (C(OH)–C–C–N with tert-alkyl or cyclic N) is 2. The van der Waals surface area contributed by atoms with Gasteiger partial charge in [0.25, 0.3) is 23.6 Å². The van der Waals surface area contributed by atoms with Crippen molar-refractivity contribution in [3.63, 3.8) is 0 Å². The van der Waals surface area contributed by atoms with Gasteiger partial charge in [-0.05, 0) is 131 Å². The number of nitrogens with two attached hydrogens (primary N) is 1. The number of hydrogen-bond donors (Lipinski definition) is 4. The zero-order valence-electron chi connectivity index (χ0n) is 47.9. The van der Waals surface area contributed by atoms with E-state index in [1.54, 1.807) is 53.4 Å². The van der Waals surface area contributed by atoms with E-state index in [2.05, 4.69) is 29.6 Å². The van der Waals surface area contributed by atoms with E-state index in [4.69, 9.17) is 29.4 Å². The van der Waals surface area contributed by atoms with Crippen LogP contribution in [0.2, 0.25) is 0 Å². The molecule has 5 aliphatic heterocycles. The van der Waals surface area contributed by atoms with Crippen molar-refractivity contribution in [2.24, 2.45) is 5.73 Å². The Balaban J connectivity index is 0.000000220. The second kappa shape index (κ2) is 28.0. The van der Waals surface area contributed by atoms with E-state index in [0.717, 1.165) is 36.8 Å². The molecule has 4 unspecified atom stereocenters. The van der Waals surface area contributed by atoms with Gasteiger partial charge in [-0.1, -0.05) is 60.7 Å². The van der Waals surface area contributed by atoms with Crippen molar-refractivity contribution in [2.45, 2.75) is 134 Å². The van der Waals surface area contributed by atoms with Crippen LogP contribution >= 0.6 is 0 Å². The molecule has 4 atom stereocenters. The van der Waals surface area contributed by atoms with Crippen molar-refractivity contribution in [1.29, 1.82) is 0 Å². The molecule has 0 aliphatic carbocycles. The van der Waals surface area contributed by atoms with Gasteiger partial charge in [-0.3, -0.25) is 24.0 Å². The highest BCUT2D eigenvalue weighted by Gasteiger charge is 2.48. The zero-order valence-corrected chi connectivity index (χ0v) is 47.9. The number of halogens is 3. The van der Waals surface area contributed by atoms with Gasteiger partial charge < -0.3 is 64.5 Å². The molecule has 0 aromatic heterocycles. The summed E-state index contributed by atoms with van der Waals surface area (Å²) in [7, 11) is 0. The normalized spacial score (nSPS) is 20.7. The Kier molecular flexibility index (Phi) is 21.4. The number of hydrogen-bond acceptors (Lipinski definition) is 14. The Morgan fingerprint density at radius 2 is 1.04 bits per heavy atom. The van der Waals surface area contributed by atoms with E-state index in [1.807, 2.05) is 68.7 Å². The van der Waals surface area contributed by atoms with Crippen LogP contribution in [0.15, 0.2) is 97.1 Å². The SMILES string of the molecule is CC(=O)C(F)(F)F.CC(C)(C)OC(=O)NCc1cccc(C2CCN(C(=O)c3cccc(OCC(=O)N4CC5OC(C)(C)OC5C4)c3)CC2)c1.NCc1cccc(C2CCN(C(=O)c3cccc(OCC(=O)N4CC(O)C(O)C4)c3)CC2)c1. The molecule has 83 heavy (non-hydrogen) atoms. The Labute approximate surface area is 482 Å². The van der Waals surface area contributed by atoms with Crippen molar-refractivity contribution in [2.75, 3.05) is 65.6 Å². The minimum atomic E-state index is -4.64. The summed E-state index contributed by atoms with van der Waals surface area (Å²) in [5.74, 6) is -1.25. The first-order valence-corrected chi connectivity index (χ1v) is 28.0. The first-order valence-electron chi connectivity index (χ1n) is 28.0. The van der Waals surface area contributed by atoms with Crippen LogP contribution in [0.1, 0.15) is 122 Å². The second-order valence-electron chi connectivity index (χ2n) is 22.8. The maximum atomic E-state index is 13.3. The van der Waals surface area contributed by atoms with Crippen LogP contribution in [0.5, 0.6) is 11.5 Å². The number of fused-ring (bicyclic) bond motifs is 1. The molecule has 5 fully saturated rings. The first-order chi connectivity index (χ1) is 39.2. The van der Waals surface area contributed by atoms with Gasteiger partial charge in [0.1, 0.15) is 29.3 Å². The van der Waals surface area contributed by atoms with Gasteiger partial charge in [0.2, 0.25) is 5.78 Å². The largest absolute Gasteiger partial charge is 0.484 e. The molecule has 4 aromatic rings. The van der Waals surface area contributed by atoms with Gasteiger partial charge in [0, 0.05) is 83.5 Å². The molecule has 5 amide bonds. The quantitative estimate of drug-likeness (QED) is 0.109. The summed E-state index contributed by atoms with van der Waals surface area (Å²) >= 11 is 0. The predicted octanol–water partition coefficient (Wildman–Crippen LogP) is 6.72. The number of benzene rings is 4. The first kappa shape index (κ1) is 63.5. The van der Waals surface area contributed by atoms with Crippen LogP contribution in [-0.4, -0.2) is 173 Å². The summed E-state index contributed by atoms with van der Waals surface area (Å²) in [5.41, 5.74) is 10.9. The Morgan fingerprint density at radius 3 is 1.46 bits per heavy atom. The van der Waals surface area contributed by atoms with Crippen LogP contribution in [0.3, 0.4) is 0 Å². The summed E-state index contributed by atoms with van der Waals surface area (Å²) in [4.78, 5) is 79.6. The number of alkyl halides is 3. The van der Waals surface area contributed by atoms with Gasteiger partial charge in [-0.2, -0.15) is 13.2 Å². The van der Waals surface area contributed by atoms with Crippen molar-refractivity contribution >= 4 is 35.5 Å². The number of amides is 5. The van der Waals surface area contributed by atoms with E-state index in [9.17, 15) is 52.2 Å². The van der Waals surface area contributed by atoms with Crippen molar-refractivity contribution < 1.29 is 75.8 Å². The van der Waals surface area contributed by atoms with Crippen LogP contribution in [0, 0.1) is 0 Å². The van der Waals surface area contributed by atoms with E-state index in [-0.39, 0.29) is 62.1 Å². The molecule has 5 saturated heterocycles. The molecule has 5 heterocycles. The number of aliphatic hydroxyl groups excluding tert-OH is 2. The molecule has 0 radical (unpaired) electrons. The van der Waals surface area contributed by atoms with Crippen LogP contribution in [0.25, 0.3) is 0 Å². The van der Waals surface area contributed by atoms with Crippen molar-refractivity contribution in [1.82, 2.24) is 24.9 Å². The highest BCUT2D eigenvalue weighted by Crippen LogP contribution is 2.34. The summed E-state index contributed by atoms with van der Waals surface area (Å²) in [6.07, 6.45) is -3.66. The van der Waals surface area contributed by atoms with Crippen LogP contribution < -0.4 is 20.5 Å². The molecule has 450 valence electrons. The average molecular weight is 1160 g/mol. The summed E-state index contributed by atoms with van der Waals surface area (Å²) in [5, 5.41) is 22.0. The fraction of sp³-hybridized carbons (Fsp3) is 0.508. The van der Waals surface area contributed by atoms with E-state index < -0.39 is 41.6 Å². The number of rotatable bonds is 13. The number of alkyl carbamates (subject to hydrolysis) is 1. The molecule has 22 heteroatoms. The molecule has 0 bridgehead atoms. The number of nitrogens with one attached hydrogen (secondary N) is 1. The van der Waals surface area contributed by atoms with Crippen LogP contribution in [0.4, 0.5) is 18.0 Å². The Morgan fingerprint density at radius 1 is 0.627 bits per heavy atom. The molecule has 5 aliphatic rings. The van der Waals surface area contributed by atoms with Gasteiger partial charge >= 0.3 is 12.3 Å². The summed E-state index contributed by atoms with van der Waals surface area (Å²) < 4.78 is 60.9. The van der Waals surface area contributed by atoms with Crippen molar-refractivity contribution in [3.8, 4) is 11.5 Å². The van der Waals surface area contributed by atoms with Gasteiger partial charge in [-0.15, -0.1) is 0 Å². The number of likely N-dealkylation sites (tertiary alicyclic amines) is 4. The number of nitrogens with zero attached hydrogens (tertiary/aromatic N) is 4. The fourth-order valence-corrected chi connectivity index (χ4v) is 10.4. The number of Topliss-reactive ketones (excluding diaryl/α,β-unsaturated/α-hetero) is 1. The lowest BCUT2D eigenvalue weighted by Gasteiger charge is -2.32. The molecular formula is C61H77F3N6O13. The number of piperidine rings is 2. The topological polar surface area (TPSA) is 240 Å². The van der Waals surface area contributed by atoms with Gasteiger partial charge in [0.05, 0.1) is 12.2 Å². The molecule has 5 N–H and O–H groups in total. The number of ketones is 1. The monoisotopic (exact) mass is 1160 g/mol. The third kappa shape index (κ3) is 18.4. The number of carbonyl (C=O) groups is 6. The Hall–Kier alpha value is -7.11.